The van der Waals surface area contributed by atoms with Crippen molar-refractivity contribution in [2.24, 2.45) is 16.5 Å². The second-order valence-corrected chi connectivity index (χ2v) is 20.6. The molecule has 80 heavy (non-hydrogen) atoms. The number of carbonyl (C=O) groups excluding carboxylic acids is 10. The number of nitrogens with one attached hydrogen (secondary N) is 9. The van der Waals surface area contributed by atoms with Crippen molar-refractivity contribution in [2.75, 3.05) is 26.2 Å². The smallest absolute Gasteiger partial charge is 0.246 e. The number of imidazole rings is 1. The molecule has 0 radical (unpaired) electrons. The van der Waals surface area contributed by atoms with E-state index in [2.05, 4.69) is 57.2 Å². The fraction of sp³-hybridized carbons (Fsp3) is 0.491. The topological polar surface area (TPSA) is 370 Å². The number of aromatic amines is 2. The maximum atomic E-state index is 15.1. The predicted molar refractivity (Wildman–Crippen MR) is 293 cm³/mol. The minimum Gasteiger partial charge on any atom is -0.370 e. The van der Waals surface area contributed by atoms with Crippen molar-refractivity contribution >= 4 is 75.8 Å². The summed E-state index contributed by atoms with van der Waals surface area (Å²) in [6, 6.07) is 6.20. The van der Waals surface area contributed by atoms with Gasteiger partial charge in [0.1, 0.15) is 42.3 Å². The molecule has 25 nitrogen and oxygen atoms in total. The molecule has 0 spiro atoms. The number of Topliss-reactive ketones (excluding diaryl/α,β-unsaturated/α-hetero) is 1. The van der Waals surface area contributed by atoms with Gasteiger partial charge < -0.3 is 68.5 Å². The molecule has 13 N–H and O–H groups in total. The first kappa shape index (κ1) is 59.0. The largest absolute Gasteiger partial charge is 0.370 e. The van der Waals surface area contributed by atoms with Crippen LogP contribution in [-0.4, -0.2) is 164 Å². The molecule has 0 aliphatic carbocycles. The summed E-state index contributed by atoms with van der Waals surface area (Å²) in [4.78, 5) is 159. The summed E-state index contributed by atoms with van der Waals surface area (Å²) in [5.74, 6) is -6.67. The third-order valence-corrected chi connectivity index (χ3v) is 14.6. The lowest BCUT2D eigenvalue weighted by Crippen LogP contribution is -2.61. The van der Waals surface area contributed by atoms with E-state index >= 15 is 4.79 Å². The van der Waals surface area contributed by atoms with Gasteiger partial charge in [-0.3, -0.25) is 52.9 Å². The number of hydrogen-bond acceptors (Lipinski definition) is 12. The predicted octanol–water partition coefficient (Wildman–Crippen LogP) is -0.838. The highest BCUT2D eigenvalue weighted by atomic mass is 16.2. The number of amides is 9. The minimum atomic E-state index is -1.57. The fourth-order valence-electron chi connectivity index (χ4n) is 10.6. The Bertz CT molecular complexity index is 2890. The first-order valence-corrected chi connectivity index (χ1v) is 27.2. The van der Waals surface area contributed by atoms with E-state index in [0.717, 1.165) is 10.9 Å². The SMILES string of the molecule is CC(=O)N[C@H]1CCCCNC(=O)C[C@@H](C(=O)N2CCC[C@H]2C(=O)N2CCC[C@H]2C(C)=O)NC(=O)[C@H](Cc2c[nH]c3ccccc23)NC(=O)[C@H](CCCN=C(N)N)NC(=O)[C@@H](Cc2ccccc2)NC(=O)[C@H](Cc2cnc[nH]2)NC1=O. The van der Waals surface area contributed by atoms with Crippen LogP contribution < -0.4 is 48.7 Å². The number of para-hydroxylation sites is 1. The number of carbonyl (C=O) groups is 10. The van der Waals surface area contributed by atoms with Gasteiger partial charge in [-0.1, -0.05) is 48.5 Å². The molecule has 3 fully saturated rings. The maximum absolute atomic E-state index is 15.1. The number of ketones is 1. The number of rotatable bonds is 14. The molecule has 2 aromatic heterocycles. The Balaban J connectivity index is 1.26. The van der Waals surface area contributed by atoms with Crippen LogP contribution in [0.15, 0.2) is 78.3 Å². The van der Waals surface area contributed by atoms with Crippen molar-refractivity contribution < 1.29 is 47.9 Å². The van der Waals surface area contributed by atoms with E-state index in [9.17, 15) is 43.2 Å². The Morgan fingerprint density at radius 2 is 1.30 bits per heavy atom. The molecule has 0 bridgehead atoms. The minimum absolute atomic E-state index is 0.0406. The van der Waals surface area contributed by atoms with Crippen LogP contribution in [0, 0.1) is 0 Å². The summed E-state index contributed by atoms with van der Waals surface area (Å²) in [7, 11) is 0. The van der Waals surface area contributed by atoms with Crippen LogP contribution >= 0.6 is 0 Å². The van der Waals surface area contributed by atoms with Crippen LogP contribution in [0.25, 0.3) is 10.9 Å². The number of H-pyrrole nitrogens is 2. The molecule has 0 saturated carbocycles. The number of benzene rings is 2. The Morgan fingerprint density at radius 3 is 1.99 bits per heavy atom. The van der Waals surface area contributed by atoms with Crippen LogP contribution in [0.3, 0.4) is 0 Å². The van der Waals surface area contributed by atoms with Crippen LogP contribution in [-0.2, 0) is 67.2 Å². The van der Waals surface area contributed by atoms with Gasteiger partial charge in [-0.25, -0.2) is 4.98 Å². The number of aliphatic imine (C=N–C) groups is 1. The standard InChI is InChI=1S/C55H73N15O10/c1-32(71)45-19-11-23-69(45)54(80)46-20-12-24-70(46)53(79)44-28-47(73)59-21-9-8-17-39(63-33(2)72)48(74)67-43(27-36-30-58-31-62-36)52(78)65-41(25-34-13-4-3-5-14-34)50(76)64-40(18-10-22-60-55(56)57)49(75)66-42(51(77)68-44)26-35-29-61-38-16-7-6-15-37(35)38/h3-7,13-16,29-31,39-46,61H,8-12,17-28H2,1-2H3,(H,58,62)(H,59,73)(H,63,72)(H,64,76)(H,65,78)(H,66,75)(H,67,74)(H,68,77)(H4,56,57,60)/t39-,40-,41+,42-,43-,44-,45-,46-/m0/s1. The molecule has 7 rings (SSSR count). The van der Waals surface area contributed by atoms with Gasteiger partial charge in [0, 0.05) is 81.4 Å². The molecule has 428 valence electrons. The summed E-state index contributed by atoms with van der Waals surface area (Å²) >= 11 is 0. The number of nitrogens with zero attached hydrogens (tertiary/aromatic N) is 4. The second kappa shape index (κ2) is 28.3. The van der Waals surface area contributed by atoms with Crippen LogP contribution in [0.2, 0.25) is 0 Å². The monoisotopic (exact) mass is 1100 g/mol. The summed E-state index contributed by atoms with van der Waals surface area (Å²) in [6.45, 7) is 3.21. The first-order chi connectivity index (χ1) is 38.4. The lowest BCUT2D eigenvalue weighted by atomic mass is 10.0. The van der Waals surface area contributed by atoms with Gasteiger partial charge in [0.05, 0.1) is 18.8 Å². The van der Waals surface area contributed by atoms with E-state index in [-0.39, 0.29) is 89.2 Å². The summed E-state index contributed by atoms with van der Waals surface area (Å²) < 4.78 is 0. The highest BCUT2D eigenvalue weighted by Gasteiger charge is 2.44. The molecule has 3 aliphatic rings. The van der Waals surface area contributed by atoms with E-state index in [1.165, 1.54) is 36.2 Å². The molecule has 2 aromatic carbocycles. The lowest BCUT2D eigenvalue weighted by molar-refractivity contribution is -0.148. The van der Waals surface area contributed by atoms with Gasteiger partial charge in [0.15, 0.2) is 11.7 Å². The van der Waals surface area contributed by atoms with E-state index in [1.807, 2.05) is 18.2 Å². The third kappa shape index (κ3) is 16.2. The van der Waals surface area contributed by atoms with Crippen molar-refractivity contribution in [3.63, 3.8) is 0 Å². The second-order valence-electron chi connectivity index (χ2n) is 20.6. The summed E-state index contributed by atoms with van der Waals surface area (Å²) in [5, 5.41) is 20.1. The molecular weight excluding hydrogens is 1030 g/mol. The normalized spacial score (nSPS) is 24.1. The van der Waals surface area contributed by atoms with Crippen molar-refractivity contribution in [3.8, 4) is 0 Å². The van der Waals surface area contributed by atoms with E-state index in [0.29, 0.717) is 42.6 Å². The van der Waals surface area contributed by atoms with Crippen molar-refractivity contribution in [1.82, 2.24) is 62.0 Å². The van der Waals surface area contributed by atoms with Crippen molar-refractivity contribution in [3.05, 3.63) is 90.1 Å². The van der Waals surface area contributed by atoms with Gasteiger partial charge in [-0.15, -0.1) is 0 Å². The molecule has 25 heteroatoms. The lowest BCUT2D eigenvalue weighted by Gasteiger charge is -2.33. The van der Waals surface area contributed by atoms with Gasteiger partial charge >= 0.3 is 0 Å². The van der Waals surface area contributed by atoms with Gasteiger partial charge in [0.25, 0.3) is 0 Å². The number of hydrogen-bond donors (Lipinski definition) is 11. The maximum Gasteiger partial charge on any atom is 0.246 e. The average molecular weight is 1100 g/mol. The number of likely N-dealkylation sites (tertiary alicyclic amines) is 2. The Kier molecular flexibility index (Phi) is 20.9. The van der Waals surface area contributed by atoms with Crippen molar-refractivity contribution in [2.45, 2.75) is 146 Å². The molecule has 3 aliphatic heterocycles. The van der Waals surface area contributed by atoms with Gasteiger partial charge in [-0.2, -0.15) is 0 Å². The van der Waals surface area contributed by atoms with Gasteiger partial charge in [-0.05, 0) is 81.9 Å². The number of nitrogens with two attached hydrogens (primary N) is 2. The van der Waals surface area contributed by atoms with Crippen LogP contribution in [0.4, 0.5) is 0 Å². The molecule has 8 atom stereocenters. The highest BCUT2D eigenvalue weighted by Crippen LogP contribution is 2.27. The van der Waals surface area contributed by atoms with E-state index in [1.54, 1.807) is 42.6 Å². The van der Waals surface area contributed by atoms with Crippen LogP contribution in [0.1, 0.15) is 94.9 Å². The molecule has 5 heterocycles. The zero-order chi connectivity index (χ0) is 57.3. The Morgan fingerprint density at radius 1 is 0.675 bits per heavy atom. The fourth-order valence-corrected chi connectivity index (χ4v) is 10.6. The van der Waals surface area contributed by atoms with Gasteiger partial charge in [0.2, 0.25) is 53.2 Å². The Labute approximate surface area is 462 Å². The Hall–Kier alpha value is -8.64. The average Bonchev–Trinajstić information content (AvgIpc) is 4.33. The number of fused-ring (bicyclic) bond motifs is 1. The van der Waals surface area contributed by atoms with E-state index in [4.69, 9.17) is 11.5 Å². The van der Waals surface area contributed by atoms with Crippen LogP contribution in [0.5, 0.6) is 0 Å². The molecule has 0 unspecified atom stereocenters. The third-order valence-electron chi connectivity index (χ3n) is 14.6. The zero-order valence-corrected chi connectivity index (χ0v) is 45.1. The highest BCUT2D eigenvalue weighted by molar-refractivity contribution is 6.00. The van der Waals surface area contributed by atoms with E-state index < -0.39 is 108 Å². The van der Waals surface area contributed by atoms with Crippen molar-refractivity contribution in [1.29, 1.82) is 0 Å². The quantitative estimate of drug-likeness (QED) is 0.0418. The summed E-state index contributed by atoms with van der Waals surface area (Å²) in [6.07, 6.45) is 6.16. The zero-order valence-electron chi connectivity index (χ0n) is 45.1. The molecule has 9 amide bonds. The molecule has 3 saturated heterocycles. The number of aromatic nitrogens is 3. The number of guanidine groups is 1. The summed E-state index contributed by atoms with van der Waals surface area (Å²) in [5.41, 5.74) is 13.7. The molecular formula is C55H73N15O10. The first-order valence-electron chi connectivity index (χ1n) is 27.2. The molecule has 4 aromatic rings.